The largest absolute Gasteiger partial charge is 0.478 e. The zero-order valence-corrected chi connectivity index (χ0v) is 11.9. The number of benzene rings is 1. The zero-order chi connectivity index (χ0) is 15.9. The van der Waals surface area contributed by atoms with Crippen LogP contribution < -0.4 is 5.32 Å². The van der Waals surface area contributed by atoms with Crippen LogP contribution in [0.15, 0.2) is 42.5 Å². The van der Waals surface area contributed by atoms with Gasteiger partial charge in [-0.1, -0.05) is 30.3 Å². The molecule has 1 unspecified atom stereocenters. The normalized spacial score (nSPS) is 13.0. The first-order chi connectivity index (χ1) is 9.76. The van der Waals surface area contributed by atoms with Crippen molar-refractivity contribution in [1.82, 2.24) is 5.32 Å². The van der Waals surface area contributed by atoms with Gasteiger partial charge in [0.1, 0.15) is 0 Å². The van der Waals surface area contributed by atoms with Gasteiger partial charge in [0, 0.05) is 18.2 Å². The minimum Gasteiger partial charge on any atom is -0.478 e. The van der Waals surface area contributed by atoms with E-state index in [0.29, 0.717) is 6.08 Å². The maximum absolute atomic E-state index is 11.5. The van der Waals surface area contributed by atoms with E-state index in [-0.39, 0.29) is 6.42 Å². The van der Waals surface area contributed by atoms with E-state index in [0.717, 1.165) is 11.6 Å². The van der Waals surface area contributed by atoms with E-state index in [2.05, 4.69) is 5.32 Å². The fourth-order valence-corrected chi connectivity index (χ4v) is 2.54. The highest BCUT2D eigenvalue weighted by Gasteiger charge is 2.22. The lowest BCUT2D eigenvalue weighted by Gasteiger charge is -2.18. The Morgan fingerprint density at radius 2 is 1.81 bits per heavy atom. The summed E-state index contributed by atoms with van der Waals surface area (Å²) in [6, 6.07) is 8.10. The van der Waals surface area contributed by atoms with Crippen molar-refractivity contribution >= 4 is 19.5 Å². The molecule has 1 atom stereocenters. The van der Waals surface area contributed by atoms with Crippen LogP contribution in [0.25, 0.3) is 0 Å². The Morgan fingerprint density at radius 3 is 2.33 bits per heavy atom. The molecule has 0 aliphatic heterocycles. The molecule has 0 radical (unpaired) electrons. The van der Waals surface area contributed by atoms with Crippen LogP contribution in [0.3, 0.4) is 0 Å². The summed E-state index contributed by atoms with van der Waals surface area (Å²) in [6.07, 6.45) is 1.18. The molecule has 1 rings (SSSR count). The summed E-state index contributed by atoms with van der Waals surface area (Å²) in [4.78, 5) is 39.9. The summed E-state index contributed by atoms with van der Waals surface area (Å²) >= 11 is 0. The summed E-state index contributed by atoms with van der Waals surface area (Å²) < 4.78 is 11.1. The molecule has 114 valence electrons. The number of carboxylic acids is 1. The van der Waals surface area contributed by atoms with Gasteiger partial charge in [0.05, 0.1) is 6.16 Å². The van der Waals surface area contributed by atoms with Gasteiger partial charge in [-0.15, -0.1) is 0 Å². The molecular formula is C13H16NO6P. The highest BCUT2D eigenvalue weighted by Crippen LogP contribution is 2.35. The predicted octanol–water partition coefficient (Wildman–Crippen LogP) is 0.532. The highest BCUT2D eigenvalue weighted by molar-refractivity contribution is 7.51. The molecule has 0 saturated carbocycles. The zero-order valence-electron chi connectivity index (χ0n) is 11.0. The summed E-state index contributed by atoms with van der Waals surface area (Å²) in [5.41, 5.74) is 0.804. The molecular weight excluding hydrogens is 297 g/mol. The fraction of sp³-hybridized carbons (Fsp3) is 0.231. The Bertz CT molecular complexity index is 565. The van der Waals surface area contributed by atoms with E-state index in [1.165, 1.54) is 0 Å². The van der Waals surface area contributed by atoms with E-state index in [1.54, 1.807) is 30.3 Å². The molecule has 0 bridgehead atoms. The lowest BCUT2D eigenvalue weighted by atomic mass is 10.1. The molecule has 0 aliphatic carbocycles. The van der Waals surface area contributed by atoms with Crippen LogP contribution in [-0.4, -0.2) is 39.0 Å². The van der Waals surface area contributed by atoms with Crippen LogP contribution in [0.5, 0.6) is 0 Å². The molecule has 0 aliphatic rings. The minimum atomic E-state index is -4.31. The number of carboxylic acid groups (broad SMARTS) is 1. The first-order valence-electron chi connectivity index (χ1n) is 6.06. The van der Waals surface area contributed by atoms with Crippen molar-refractivity contribution in [2.45, 2.75) is 12.5 Å². The maximum atomic E-state index is 11.5. The molecule has 0 saturated heterocycles. The van der Waals surface area contributed by atoms with Gasteiger partial charge in [0.15, 0.2) is 0 Å². The molecule has 1 aromatic rings. The van der Waals surface area contributed by atoms with E-state index in [4.69, 9.17) is 14.9 Å². The molecule has 0 fully saturated rings. The van der Waals surface area contributed by atoms with Gasteiger partial charge in [0.2, 0.25) is 5.91 Å². The second-order valence-corrected chi connectivity index (χ2v) is 6.11. The second kappa shape index (κ2) is 7.73. The Balaban J connectivity index is 2.75. The van der Waals surface area contributed by atoms with Gasteiger partial charge in [-0.05, 0) is 12.0 Å². The van der Waals surface area contributed by atoms with E-state index >= 15 is 0 Å². The van der Waals surface area contributed by atoms with Gasteiger partial charge in [-0.2, -0.15) is 0 Å². The SMILES string of the molecule is O=C(O)C=CC(=O)NC(Cc1ccccc1)CP(=O)(O)O. The Kier molecular flexibility index (Phi) is 6.30. The molecule has 4 N–H and O–H groups in total. The molecule has 0 aromatic heterocycles. The van der Waals surface area contributed by atoms with E-state index < -0.39 is 31.7 Å². The van der Waals surface area contributed by atoms with Crippen molar-refractivity contribution in [1.29, 1.82) is 0 Å². The molecule has 1 amide bonds. The summed E-state index contributed by atoms with van der Waals surface area (Å²) in [7, 11) is -4.31. The monoisotopic (exact) mass is 313 g/mol. The quantitative estimate of drug-likeness (QED) is 0.430. The van der Waals surface area contributed by atoms with Gasteiger partial charge < -0.3 is 20.2 Å². The summed E-state index contributed by atoms with van der Waals surface area (Å²) in [5, 5.41) is 10.8. The van der Waals surface area contributed by atoms with Gasteiger partial charge in [-0.3, -0.25) is 9.36 Å². The predicted molar refractivity (Wildman–Crippen MR) is 75.8 cm³/mol. The van der Waals surface area contributed by atoms with Crippen LogP contribution in [0, 0.1) is 0 Å². The van der Waals surface area contributed by atoms with Crippen LogP contribution in [0.4, 0.5) is 0 Å². The van der Waals surface area contributed by atoms with Crippen molar-refractivity contribution < 1.29 is 29.0 Å². The van der Waals surface area contributed by atoms with Crippen molar-refractivity contribution in [3.8, 4) is 0 Å². The van der Waals surface area contributed by atoms with Crippen molar-refractivity contribution in [2.24, 2.45) is 0 Å². The van der Waals surface area contributed by atoms with Gasteiger partial charge in [-0.25, -0.2) is 4.79 Å². The second-order valence-electron chi connectivity index (χ2n) is 4.41. The van der Waals surface area contributed by atoms with Gasteiger partial charge >= 0.3 is 13.6 Å². The maximum Gasteiger partial charge on any atom is 0.328 e. The topological polar surface area (TPSA) is 124 Å². The fourth-order valence-electron chi connectivity index (χ4n) is 1.74. The third kappa shape index (κ3) is 8.04. The van der Waals surface area contributed by atoms with Crippen LogP contribution in [-0.2, 0) is 20.6 Å². The third-order valence-electron chi connectivity index (χ3n) is 2.51. The third-order valence-corrected chi connectivity index (χ3v) is 3.42. The molecule has 0 spiro atoms. The van der Waals surface area contributed by atoms with Crippen LogP contribution in [0.2, 0.25) is 0 Å². The van der Waals surface area contributed by atoms with Crippen LogP contribution in [0.1, 0.15) is 5.56 Å². The first kappa shape index (κ1) is 17.1. The number of amides is 1. The Morgan fingerprint density at radius 1 is 1.19 bits per heavy atom. The van der Waals surface area contributed by atoms with Gasteiger partial charge in [0.25, 0.3) is 0 Å². The number of rotatable bonds is 7. The van der Waals surface area contributed by atoms with Crippen molar-refractivity contribution in [3.63, 3.8) is 0 Å². The minimum absolute atomic E-state index is 0.235. The number of aliphatic carboxylic acids is 1. The smallest absolute Gasteiger partial charge is 0.328 e. The number of hydrogen-bond donors (Lipinski definition) is 4. The van der Waals surface area contributed by atoms with Crippen molar-refractivity contribution in [2.75, 3.05) is 6.16 Å². The lowest BCUT2D eigenvalue weighted by Crippen LogP contribution is -2.38. The first-order valence-corrected chi connectivity index (χ1v) is 7.86. The van der Waals surface area contributed by atoms with E-state index in [1.807, 2.05) is 0 Å². The molecule has 0 heterocycles. The van der Waals surface area contributed by atoms with Crippen LogP contribution >= 0.6 is 7.60 Å². The number of nitrogens with one attached hydrogen (secondary N) is 1. The summed E-state index contributed by atoms with van der Waals surface area (Å²) in [5.74, 6) is -1.99. The number of carbonyl (C=O) groups is 2. The molecule has 21 heavy (non-hydrogen) atoms. The standard InChI is InChI=1S/C13H16NO6P/c15-12(6-7-13(16)17)14-11(9-21(18,19)20)8-10-4-2-1-3-5-10/h1-7,11H,8-9H2,(H,14,15)(H,16,17)(H2,18,19,20). The van der Waals surface area contributed by atoms with E-state index in [9.17, 15) is 14.2 Å². The highest BCUT2D eigenvalue weighted by atomic mass is 31.2. The molecule has 7 nitrogen and oxygen atoms in total. The van der Waals surface area contributed by atoms with Crippen molar-refractivity contribution in [3.05, 3.63) is 48.0 Å². The number of hydrogen-bond acceptors (Lipinski definition) is 3. The Hall–Kier alpha value is -1.95. The average Bonchev–Trinajstić information content (AvgIpc) is 2.35. The molecule has 1 aromatic carbocycles. The summed E-state index contributed by atoms with van der Waals surface area (Å²) in [6.45, 7) is 0. The number of carbonyl (C=O) groups excluding carboxylic acids is 1. The Labute approximate surface area is 121 Å². The lowest BCUT2D eigenvalue weighted by molar-refractivity contribution is -0.131. The average molecular weight is 313 g/mol. The molecule has 8 heteroatoms.